The summed E-state index contributed by atoms with van der Waals surface area (Å²) in [5, 5.41) is 10.2. The lowest BCUT2D eigenvalue weighted by atomic mass is 9.83. The first kappa shape index (κ1) is 21.4. The van der Waals surface area contributed by atoms with Gasteiger partial charge < -0.3 is 14.7 Å². The van der Waals surface area contributed by atoms with Crippen molar-refractivity contribution in [2.45, 2.75) is 97.2 Å². The van der Waals surface area contributed by atoms with E-state index < -0.39 is 0 Å². The zero-order chi connectivity index (χ0) is 17.8. The van der Waals surface area contributed by atoms with E-state index in [0.717, 1.165) is 45.3 Å². The highest BCUT2D eigenvalue weighted by molar-refractivity contribution is 5.69. The topological polar surface area (TPSA) is 49.8 Å². The number of unbranched alkanes of at least 4 members (excludes halogenated alkanes) is 2. The maximum Gasteiger partial charge on any atom is 0.306 e. The number of carbonyl (C=O) groups excluding carboxylic acids is 1. The van der Waals surface area contributed by atoms with E-state index in [1.165, 1.54) is 32.1 Å². The van der Waals surface area contributed by atoms with Gasteiger partial charge in [-0.1, -0.05) is 46.0 Å². The van der Waals surface area contributed by atoms with Crippen LogP contribution in [0.1, 0.15) is 85.0 Å². The fourth-order valence-electron chi connectivity index (χ4n) is 3.72. The number of carbonyl (C=O) groups is 1. The molecule has 4 nitrogen and oxygen atoms in total. The van der Waals surface area contributed by atoms with Gasteiger partial charge in [0.15, 0.2) is 0 Å². The van der Waals surface area contributed by atoms with E-state index >= 15 is 0 Å². The molecule has 0 aliphatic heterocycles. The zero-order valence-corrected chi connectivity index (χ0v) is 16.1. The Bertz CT molecular complexity index is 325. The molecule has 0 heterocycles. The first-order valence-electron chi connectivity index (χ1n) is 10.2. The molecule has 24 heavy (non-hydrogen) atoms. The van der Waals surface area contributed by atoms with Crippen LogP contribution in [0.5, 0.6) is 0 Å². The van der Waals surface area contributed by atoms with Gasteiger partial charge in [-0.25, -0.2) is 0 Å². The third-order valence-electron chi connectivity index (χ3n) is 5.32. The van der Waals surface area contributed by atoms with Crippen molar-refractivity contribution in [3.63, 3.8) is 0 Å². The van der Waals surface area contributed by atoms with Crippen molar-refractivity contribution in [3.8, 4) is 0 Å². The van der Waals surface area contributed by atoms with E-state index in [-0.39, 0.29) is 18.2 Å². The van der Waals surface area contributed by atoms with Gasteiger partial charge in [0.2, 0.25) is 0 Å². The van der Waals surface area contributed by atoms with Gasteiger partial charge in [0.05, 0.1) is 6.10 Å². The summed E-state index contributed by atoms with van der Waals surface area (Å²) in [6, 6.07) is 0. The van der Waals surface area contributed by atoms with Crippen LogP contribution in [0.3, 0.4) is 0 Å². The summed E-state index contributed by atoms with van der Waals surface area (Å²) in [4.78, 5) is 14.1. The lowest BCUT2D eigenvalue weighted by Gasteiger charge is -2.26. The monoisotopic (exact) mass is 341 g/mol. The molecule has 0 spiro atoms. The Kier molecular flexibility index (Phi) is 11.4. The van der Waals surface area contributed by atoms with Gasteiger partial charge in [-0.05, 0) is 51.6 Å². The molecule has 1 aliphatic rings. The minimum absolute atomic E-state index is 0.0366. The second-order valence-corrected chi connectivity index (χ2v) is 7.35. The number of rotatable bonds is 12. The third-order valence-corrected chi connectivity index (χ3v) is 5.32. The minimum atomic E-state index is -0.133. The van der Waals surface area contributed by atoms with Crippen LogP contribution in [0, 0.1) is 5.92 Å². The van der Waals surface area contributed by atoms with E-state index in [0.29, 0.717) is 12.3 Å². The van der Waals surface area contributed by atoms with Gasteiger partial charge in [-0.15, -0.1) is 0 Å². The van der Waals surface area contributed by atoms with E-state index in [1.807, 2.05) is 6.92 Å². The molecule has 0 saturated heterocycles. The highest BCUT2D eigenvalue weighted by Crippen LogP contribution is 2.28. The lowest BCUT2D eigenvalue weighted by Crippen LogP contribution is -2.33. The highest BCUT2D eigenvalue weighted by atomic mass is 16.5. The fraction of sp³-hybridized carbons (Fsp3) is 0.950. The summed E-state index contributed by atoms with van der Waals surface area (Å²) >= 11 is 0. The van der Waals surface area contributed by atoms with Crippen molar-refractivity contribution >= 4 is 5.97 Å². The number of nitrogens with zero attached hydrogens (tertiary/aromatic N) is 1. The van der Waals surface area contributed by atoms with E-state index in [1.54, 1.807) is 0 Å². The van der Waals surface area contributed by atoms with Crippen LogP contribution in [0.25, 0.3) is 0 Å². The number of aliphatic hydroxyl groups excluding tert-OH is 1. The number of hydrogen-bond acceptors (Lipinski definition) is 4. The molecule has 4 heteroatoms. The van der Waals surface area contributed by atoms with Crippen molar-refractivity contribution in [2.24, 2.45) is 5.92 Å². The first-order valence-corrected chi connectivity index (χ1v) is 10.2. The van der Waals surface area contributed by atoms with Crippen LogP contribution in [-0.2, 0) is 9.53 Å². The lowest BCUT2D eigenvalue weighted by molar-refractivity contribution is -0.149. The number of esters is 1. The average molecular weight is 342 g/mol. The zero-order valence-electron chi connectivity index (χ0n) is 16.1. The highest BCUT2D eigenvalue weighted by Gasteiger charge is 2.21. The molecule has 1 saturated carbocycles. The van der Waals surface area contributed by atoms with Crippen LogP contribution in [0.4, 0.5) is 0 Å². The quantitative estimate of drug-likeness (QED) is 0.428. The van der Waals surface area contributed by atoms with Crippen LogP contribution >= 0.6 is 0 Å². The summed E-state index contributed by atoms with van der Waals surface area (Å²) in [6.07, 6.45) is 10.4. The van der Waals surface area contributed by atoms with Gasteiger partial charge in [-0.3, -0.25) is 4.79 Å². The maximum atomic E-state index is 11.9. The van der Waals surface area contributed by atoms with Crippen LogP contribution in [0.2, 0.25) is 0 Å². The summed E-state index contributed by atoms with van der Waals surface area (Å²) in [7, 11) is 0. The molecule has 2 atom stereocenters. The average Bonchev–Trinajstić information content (AvgIpc) is 2.59. The smallest absolute Gasteiger partial charge is 0.306 e. The molecule has 142 valence electrons. The van der Waals surface area contributed by atoms with Gasteiger partial charge in [0.25, 0.3) is 0 Å². The summed E-state index contributed by atoms with van der Waals surface area (Å²) < 4.78 is 5.48. The molecule has 0 bridgehead atoms. The molecule has 2 unspecified atom stereocenters. The standard InChI is InChI=1S/C20H39NO3/c1-4-21(5-2)16-17(3)24-20(23)15-11-7-10-14-19(22)18-12-8-6-9-13-18/h17-19,22H,4-16H2,1-3H3. The molecular weight excluding hydrogens is 302 g/mol. The molecular formula is C20H39NO3. The molecule has 1 N–H and O–H groups in total. The molecule has 0 aromatic carbocycles. The molecule has 0 amide bonds. The molecule has 0 radical (unpaired) electrons. The number of hydrogen-bond donors (Lipinski definition) is 1. The van der Waals surface area contributed by atoms with Crippen molar-refractivity contribution in [1.29, 1.82) is 0 Å². The van der Waals surface area contributed by atoms with Crippen molar-refractivity contribution in [1.82, 2.24) is 4.90 Å². The summed E-state index contributed by atoms with van der Waals surface area (Å²) in [5.41, 5.74) is 0. The normalized spacial score (nSPS) is 18.5. The molecule has 0 aromatic rings. The predicted molar refractivity (Wildman–Crippen MR) is 99.0 cm³/mol. The van der Waals surface area contributed by atoms with E-state index in [9.17, 15) is 9.90 Å². The Morgan fingerprint density at radius 3 is 2.42 bits per heavy atom. The largest absolute Gasteiger partial charge is 0.461 e. The van der Waals surface area contributed by atoms with Crippen molar-refractivity contribution in [2.75, 3.05) is 19.6 Å². The summed E-state index contributed by atoms with van der Waals surface area (Å²) in [5.74, 6) is 0.437. The Hall–Kier alpha value is -0.610. The Morgan fingerprint density at radius 2 is 1.79 bits per heavy atom. The minimum Gasteiger partial charge on any atom is -0.461 e. The van der Waals surface area contributed by atoms with Crippen LogP contribution in [0.15, 0.2) is 0 Å². The summed E-state index contributed by atoms with van der Waals surface area (Å²) in [6.45, 7) is 9.01. The van der Waals surface area contributed by atoms with Crippen molar-refractivity contribution in [3.05, 3.63) is 0 Å². The van der Waals surface area contributed by atoms with Crippen LogP contribution in [-0.4, -0.2) is 47.8 Å². The second-order valence-electron chi connectivity index (χ2n) is 7.35. The SMILES string of the molecule is CCN(CC)CC(C)OC(=O)CCCCCC(O)C1CCCCC1. The number of ether oxygens (including phenoxy) is 1. The van der Waals surface area contributed by atoms with Crippen molar-refractivity contribution < 1.29 is 14.6 Å². The van der Waals surface area contributed by atoms with Gasteiger partial charge >= 0.3 is 5.97 Å². The van der Waals surface area contributed by atoms with E-state index in [4.69, 9.17) is 4.74 Å². The number of likely N-dealkylation sites (N-methyl/N-ethyl adjacent to an activating group) is 1. The Labute approximate surface area is 148 Å². The van der Waals surface area contributed by atoms with Gasteiger partial charge in [0, 0.05) is 13.0 Å². The molecule has 0 aromatic heterocycles. The van der Waals surface area contributed by atoms with Gasteiger partial charge in [0.1, 0.15) is 6.10 Å². The fourth-order valence-corrected chi connectivity index (χ4v) is 3.72. The maximum absolute atomic E-state index is 11.9. The van der Waals surface area contributed by atoms with Crippen LogP contribution < -0.4 is 0 Å². The third kappa shape index (κ3) is 9.03. The second kappa shape index (κ2) is 12.7. The predicted octanol–water partition coefficient (Wildman–Crippen LogP) is 4.15. The Morgan fingerprint density at radius 1 is 1.12 bits per heavy atom. The molecule has 1 fully saturated rings. The molecule has 1 rings (SSSR count). The molecule has 1 aliphatic carbocycles. The number of aliphatic hydroxyl groups is 1. The first-order chi connectivity index (χ1) is 11.6. The Balaban J connectivity index is 2.04. The van der Waals surface area contributed by atoms with Gasteiger partial charge in [-0.2, -0.15) is 0 Å². The van der Waals surface area contributed by atoms with E-state index in [2.05, 4.69) is 18.7 Å².